The highest BCUT2D eigenvalue weighted by Crippen LogP contribution is 2.20. The summed E-state index contributed by atoms with van der Waals surface area (Å²) in [7, 11) is 0. The fourth-order valence-corrected chi connectivity index (χ4v) is 1.71. The zero-order valence-electron chi connectivity index (χ0n) is 8.27. The van der Waals surface area contributed by atoms with E-state index in [2.05, 4.69) is 31.4 Å². The van der Waals surface area contributed by atoms with Gasteiger partial charge < -0.3 is 0 Å². The van der Waals surface area contributed by atoms with Crippen molar-refractivity contribution in [3.8, 4) is 0 Å². The Morgan fingerprint density at radius 3 is 2.75 bits per heavy atom. The molecule has 0 atom stereocenters. The molecule has 1 heterocycles. The Kier molecular flexibility index (Phi) is 3.54. The monoisotopic (exact) mass is 165 g/mol. The van der Waals surface area contributed by atoms with E-state index in [-0.39, 0.29) is 0 Å². The van der Waals surface area contributed by atoms with Crippen molar-refractivity contribution >= 4 is 0 Å². The minimum Gasteiger partial charge on any atom is -0.295 e. The van der Waals surface area contributed by atoms with Crippen LogP contribution in [0.25, 0.3) is 0 Å². The second-order valence-electron chi connectivity index (χ2n) is 3.45. The van der Waals surface area contributed by atoms with Gasteiger partial charge in [0.05, 0.1) is 0 Å². The molecule has 0 aromatic carbocycles. The van der Waals surface area contributed by atoms with Gasteiger partial charge in [0.25, 0.3) is 0 Å². The number of hydrogen-bond acceptors (Lipinski definition) is 1. The van der Waals surface area contributed by atoms with Crippen LogP contribution in [-0.2, 0) is 0 Å². The van der Waals surface area contributed by atoms with Crippen molar-refractivity contribution in [3.05, 3.63) is 23.8 Å². The summed E-state index contributed by atoms with van der Waals surface area (Å²) >= 11 is 0. The first-order chi connectivity index (χ1) is 5.77. The minimum atomic E-state index is 1.08. The predicted octanol–water partition coefficient (Wildman–Crippen LogP) is 2.60. The van der Waals surface area contributed by atoms with Gasteiger partial charge >= 0.3 is 0 Å². The van der Waals surface area contributed by atoms with E-state index in [1.54, 1.807) is 0 Å². The molecule has 1 rings (SSSR count). The van der Waals surface area contributed by atoms with Crippen LogP contribution < -0.4 is 0 Å². The van der Waals surface area contributed by atoms with Crippen molar-refractivity contribution < 1.29 is 0 Å². The summed E-state index contributed by atoms with van der Waals surface area (Å²) in [4.78, 5) is 2.46. The Balaban J connectivity index is 2.50. The quantitative estimate of drug-likeness (QED) is 0.621. The Labute approximate surface area is 75.8 Å². The maximum atomic E-state index is 4.08. The number of hydrogen-bond donors (Lipinski definition) is 0. The molecule has 0 unspecified atom stereocenters. The van der Waals surface area contributed by atoms with Crippen molar-refractivity contribution in [3.63, 3.8) is 0 Å². The fourth-order valence-electron chi connectivity index (χ4n) is 1.71. The number of allylic oxidation sites excluding steroid dienone is 1. The second-order valence-corrected chi connectivity index (χ2v) is 3.45. The Hall–Kier alpha value is -0.560. The molecular formula is C11H19N. The number of nitrogens with zero attached hydrogens (tertiary/aromatic N) is 1. The molecule has 0 aromatic rings. The van der Waals surface area contributed by atoms with Gasteiger partial charge in [-0.05, 0) is 30.5 Å². The van der Waals surface area contributed by atoms with E-state index < -0.39 is 0 Å². The first kappa shape index (κ1) is 9.53. The Morgan fingerprint density at radius 1 is 1.42 bits per heavy atom. The maximum Gasteiger partial charge on any atom is 0.0237 e. The third-order valence-electron chi connectivity index (χ3n) is 2.25. The van der Waals surface area contributed by atoms with E-state index in [0.29, 0.717) is 0 Å². The second kappa shape index (κ2) is 4.46. The minimum absolute atomic E-state index is 1.08. The Morgan fingerprint density at radius 2 is 2.17 bits per heavy atom. The molecule has 0 saturated carbocycles. The topological polar surface area (TPSA) is 3.24 Å². The zero-order chi connectivity index (χ0) is 8.97. The lowest BCUT2D eigenvalue weighted by molar-refractivity contribution is 0.355. The van der Waals surface area contributed by atoms with Crippen LogP contribution in [0.1, 0.15) is 26.7 Å². The molecule has 1 aliphatic heterocycles. The Bertz CT molecular complexity index is 191. The number of rotatable bonds is 3. The van der Waals surface area contributed by atoms with Crippen molar-refractivity contribution in [2.24, 2.45) is 0 Å². The molecular weight excluding hydrogens is 146 g/mol. The van der Waals surface area contributed by atoms with Crippen LogP contribution in [-0.4, -0.2) is 24.5 Å². The molecule has 1 nitrogen and oxygen atoms in total. The highest BCUT2D eigenvalue weighted by molar-refractivity contribution is 5.35. The largest absolute Gasteiger partial charge is 0.295 e. The third kappa shape index (κ3) is 2.21. The molecule has 0 N–H and O–H groups in total. The summed E-state index contributed by atoms with van der Waals surface area (Å²) in [5.74, 6) is 0. The van der Waals surface area contributed by atoms with Crippen molar-refractivity contribution in [2.75, 3.05) is 19.6 Å². The molecule has 1 saturated heterocycles. The first-order valence-electron chi connectivity index (χ1n) is 4.87. The predicted molar refractivity (Wildman–Crippen MR) is 54.2 cm³/mol. The van der Waals surface area contributed by atoms with Crippen LogP contribution in [0.2, 0.25) is 0 Å². The van der Waals surface area contributed by atoms with E-state index >= 15 is 0 Å². The molecule has 0 bridgehead atoms. The molecule has 1 aliphatic rings. The normalized spacial score (nSPS) is 22.5. The molecule has 0 spiro atoms. The van der Waals surface area contributed by atoms with Gasteiger partial charge in [-0.1, -0.05) is 26.5 Å². The lowest BCUT2D eigenvalue weighted by Crippen LogP contribution is -2.20. The summed E-state index contributed by atoms with van der Waals surface area (Å²) in [5.41, 5.74) is 2.79. The van der Waals surface area contributed by atoms with Crippen LogP contribution in [0.5, 0.6) is 0 Å². The summed E-state index contributed by atoms with van der Waals surface area (Å²) < 4.78 is 0. The lowest BCUT2D eigenvalue weighted by Gasteiger charge is -2.11. The molecule has 0 amide bonds. The first-order valence-corrected chi connectivity index (χ1v) is 4.87. The summed E-state index contributed by atoms with van der Waals surface area (Å²) in [6, 6.07) is 0. The molecule has 0 aliphatic carbocycles. The summed E-state index contributed by atoms with van der Waals surface area (Å²) in [6.07, 6.45) is 4.68. The van der Waals surface area contributed by atoms with Gasteiger partial charge in [-0.2, -0.15) is 0 Å². The average molecular weight is 165 g/mol. The SMILES string of the molecule is C=C1CN(CCC)C/C1=C/CC. The van der Waals surface area contributed by atoms with E-state index in [1.807, 2.05) is 0 Å². The van der Waals surface area contributed by atoms with Crippen LogP contribution in [0.4, 0.5) is 0 Å². The van der Waals surface area contributed by atoms with Gasteiger partial charge in [-0.25, -0.2) is 0 Å². The van der Waals surface area contributed by atoms with Crippen LogP contribution in [0.3, 0.4) is 0 Å². The van der Waals surface area contributed by atoms with Gasteiger partial charge in [-0.3, -0.25) is 4.90 Å². The zero-order valence-corrected chi connectivity index (χ0v) is 8.27. The third-order valence-corrected chi connectivity index (χ3v) is 2.25. The number of likely N-dealkylation sites (tertiary alicyclic amines) is 1. The van der Waals surface area contributed by atoms with Crippen LogP contribution in [0.15, 0.2) is 23.8 Å². The molecule has 0 aromatic heterocycles. The van der Waals surface area contributed by atoms with E-state index in [4.69, 9.17) is 0 Å². The summed E-state index contributed by atoms with van der Waals surface area (Å²) in [6.45, 7) is 11.9. The van der Waals surface area contributed by atoms with Gasteiger partial charge in [0.2, 0.25) is 0 Å². The molecule has 1 fully saturated rings. The smallest absolute Gasteiger partial charge is 0.0237 e. The highest BCUT2D eigenvalue weighted by atomic mass is 15.1. The van der Waals surface area contributed by atoms with Gasteiger partial charge in [0.1, 0.15) is 0 Å². The maximum absolute atomic E-state index is 4.08. The van der Waals surface area contributed by atoms with Crippen LogP contribution in [0, 0.1) is 0 Å². The van der Waals surface area contributed by atoms with E-state index in [0.717, 1.165) is 19.5 Å². The lowest BCUT2D eigenvalue weighted by atomic mass is 10.1. The molecule has 12 heavy (non-hydrogen) atoms. The summed E-state index contributed by atoms with van der Waals surface area (Å²) in [5, 5.41) is 0. The van der Waals surface area contributed by atoms with Gasteiger partial charge in [0.15, 0.2) is 0 Å². The average Bonchev–Trinajstić information content (AvgIpc) is 2.34. The molecule has 0 radical (unpaired) electrons. The standard InChI is InChI=1S/C11H19N/c1-4-6-11-9-12(7-5-2)8-10(11)3/h6H,3-5,7-9H2,1-2H3/b11-6-. The van der Waals surface area contributed by atoms with Crippen molar-refractivity contribution in [1.29, 1.82) is 0 Å². The van der Waals surface area contributed by atoms with Crippen LogP contribution >= 0.6 is 0 Å². The highest BCUT2D eigenvalue weighted by Gasteiger charge is 2.17. The van der Waals surface area contributed by atoms with Crippen molar-refractivity contribution in [2.45, 2.75) is 26.7 Å². The van der Waals surface area contributed by atoms with E-state index in [1.165, 1.54) is 24.1 Å². The van der Waals surface area contributed by atoms with Crippen molar-refractivity contribution in [1.82, 2.24) is 4.90 Å². The van der Waals surface area contributed by atoms with Gasteiger partial charge in [-0.15, -0.1) is 0 Å². The molecule has 68 valence electrons. The fraction of sp³-hybridized carbons (Fsp3) is 0.636. The van der Waals surface area contributed by atoms with E-state index in [9.17, 15) is 0 Å². The van der Waals surface area contributed by atoms with Gasteiger partial charge in [0, 0.05) is 13.1 Å². The molecule has 1 heteroatoms.